The third-order valence-corrected chi connectivity index (χ3v) is 3.90. The minimum atomic E-state index is -0.844. The fraction of sp³-hybridized carbons (Fsp3) is 0.400. The molecule has 0 saturated heterocycles. The molecule has 0 aromatic heterocycles. The first-order chi connectivity index (χ1) is 11.5. The molecule has 0 N–H and O–H groups in total. The highest BCUT2D eigenvalue weighted by Crippen LogP contribution is 2.33. The fourth-order valence-corrected chi connectivity index (χ4v) is 2.59. The summed E-state index contributed by atoms with van der Waals surface area (Å²) in [6, 6.07) is 19.8. The molecule has 0 radical (unpaired) electrons. The van der Waals surface area contributed by atoms with Crippen LogP contribution < -0.4 is 0 Å². The van der Waals surface area contributed by atoms with Crippen LogP contribution in [-0.2, 0) is 20.9 Å². The summed E-state index contributed by atoms with van der Waals surface area (Å²) >= 11 is 0. The summed E-state index contributed by atoms with van der Waals surface area (Å²) in [5.74, 6) is 0. The molecule has 2 atom stereocenters. The molecule has 4 heteroatoms. The second-order valence-electron chi connectivity index (χ2n) is 5.76. The van der Waals surface area contributed by atoms with Gasteiger partial charge in [0.15, 0.2) is 0 Å². The summed E-state index contributed by atoms with van der Waals surface area (Å²) in [6.07, 6.45) is 0. The quantitative estimate of drug-likeness (QED) is 0.621. The zero-order valence-corrected chi connectivity index (χ0v) is 14.9. The van der Waals surface area contributed by atoms with E-state index in [0.717, 1.165) is 11.1 Å². The second-order valence-corrected chi connectivity index (χ2v) is 5.76. The molecular formula is C20H26N2O2. The highest BCUT2D eigenvalue weighted by Gasteiger charge is 2.31. The number of nitrogens with zero attached hydrogens (tertiary/aromatic N) is 2. The van der Waals surface area contributed by atoms with Crippen LogP contribution in [0, 0.1) is 0 Å². The summed E-state index contributed by atoms with van der Waals surface area (Å²) in [5, 5.41) is 9.12. The Balaban J connectivity index is 2.38. The number of benzene rings is 2. The first kappa shape index (κ1) is 18.3. The first-order valence-electron chi connectivity index (χ1n) is 8.37. The molecule has 0 aliphatic heterocycles. The number of hydrogen-bond acceptors (Lipinski definition) is 4. The minimum absolute atomic E-state index is 0.543. The summed E-state index contributed by atoms with van der Waals surface area (Å²) in [4.78, 5) is 0. The lowest BCUT2D eigenvalue weighted by molar-refractivity contribution is -0.0587. The monoisotopic (exact) mass is 326 g/mol. The van der Waals surface area contributed by atoms with Crippen LogP contribution in [0.5, 0.6) is 0 Å². The van der Waals surface area contributed by atoms with Crippen LogP contribution in [0.15, 0.2) is 70.9 Å². The molecule has 0 heterocycles. The highest BCUT2D eigenvalue weighted by atomic mass is 16.5. The molecular weight excluding hydrogens is 300 g/mol. The molecule has 0 spiro atoms. The summed E-state index contributed by atoms with van der Waals surface area (Å²) in [6.45, 7) is 8.84. The standard InChI is InChI=1S/C20H26N2O2/c1-5-23-19(3,17-13-9-7-10-14-17)21-22-20(4,24-6-2)18-15-11-8-12-16-18/h7-16H,5-6H2,1-4H3. The highest BCUT2D eigenvalue weighted by molar-refractivity contribution is 5.23. The van der Waals surface area contributed by atoms with Crippen LogP contribution in [0.25, 0.3) is 0 Å². The largest absolute Gasteiger partial charge is 0.349 e. The van der Waals surface area contributed by atoms with Crippen molar-refractivity contribution in [3.63, 3.8) is 0 Å². The maximum Gasteiger partial charge on any atom is 0.201 e. The van der Waals surface area contributed by atoms with E-state index >= 15 is 0 Å². The molecule has 0 bridgehead atoms. The molecule has 0 aliphatic rings. The lowest BCUT2D eigenvalue weighted by Crippen LogP contribution is -2.27. The van der Waals surface area contributed by atoms with Gasteiger partial charge >= 0.3 is 0 Å². The van der Waals surface area contributed by atoms with Crippen molar-refractivity contribution in [1.82, 2.24) is 0 Å². The topological polar surface area (TPSA) is 43.2 Å². The van der Waals surface area contributed by atoms with Crippen LogP contribution >= 0.6 is 0 Å². The Morgan fingerprint density at radius 1 is 0.667 bits per heavy atom. The van der Waals surface area contributed by atoms with Gasteiger partial charge in [0.2, 0.25) is 11.4 Å². The van der Waals surface area contributed by atoms with E-state index in [1.165, 1.54) is 0 Å². The smallest absolute Gasteiger partial charge is 0.201 e. The van der Waals surface area contributed by atoms with Crippen molar-refractivity contribution in [2.45, 2.75) is 39.1 Å². The van der Waals surface area contributed by atoms with Gasteiger partial charge in [-0.2, -0.15) is 10.2 Å². The normalized spacial score (nSPS) is 16.7. The van der Waals surface area contributed by atoms with Gasteiger partial charge in [-0.05, 0) is 27.7 Å². The number of rotatable bonds is 8. The lowest BCUT2D eigenvalue weighted by atomic mass is 10.0. The fourth-order valence-electron chi connectivity index (χ4n) is 2.59. The SMILES string of the molecule is CCOC(C)(N=NC(C)(OCC)c1ccccc1)c1ccccc1. The van der Waals surface area contributed by atoms with Gasteiger partial charge in [0, 0.05) is 24.3 Å². The Hall–Kier alpha value is -2.04. The van der Waals surface area contributed by atoms with Gasteiger partial charge in [-0.25, -0.2) is 0 Å². The van der Waals surface area contributed by atoms with Gasteiger partial charge < -0.3 is 9.47 Å². The Labute approximate surface area is 144 Å². The van der Waals surface area contributed by atoms with Crippen molar-refractivity contribution < 1.29 is 9.47 Å². The number of azo groups is 1. The maximum atomic E-state index is 5.91. The van der Waals surface area contributed by atoms with Gasteiger partial charge in [-0.15, -0.1) is 0 Å². The van der Waals surface area contributed by atoms with Crippen LogP contribution in [0.1, 0.15) is 38.8 Å². The summed E-state index contributed by atoms with van der Waals surface area (Å²) < 4.78 is 11.8. The Kier molecular flexibility index (Phi) is 6.23. The molecule has 2 aromatic rings. The van der Waals surface area contributed by atoms with Crippen molar-refractivity contribution in [2.75, 3.05) is 13.2 Å². The van der Waals surface area contributed by atoms with Crippen molar-refractivity contribution in [2.24, 2.45) is 10.2 Å². The average Bonchev–Trinajstić information content (AvgIpc) is 2.62. The summed E-state index contributed by atoms with van der Waals surface area (Å²) in [5.41, 5.74) is 0.233. The van der Waals surface area contributed by atoms with E-state index in [9.17, 15) is 0 Å². The van der Waals surface area contributed by atoms with Crippen molar-refractivity contribution in [3.05, 3.63) is 71.8 Å². The molecule has 2 aromatic carbocycles. The molecule has 128 valence electrons. The van der Waals surface area contributed by atoms with E-state index in [2.05, 4.69) is 10.2 Å². The summed E-state index contributed by atoms with van der Waals surface area (Å²) in [7, 11) is 0. The van der Waals surface area contributed by atoms with Gasteiger partial charge in [-0.3, -0.25) is 0 Å². The Morgan fingerprint density at radius 2 is 1.00 bits per heavy atom. The van der Waals surface area contributed by atoms with E-state index < -0.39 is 11.4 Å². The van der Waals surface area contributed by atoms with Crippen molar-refractivity contribution in [1.29, 1.82) is 0 Å². The number of hydrogen-bond donors (Lipinski definition) is 0. The third kappa shape index (κ3) is 4.28. The van der Waals surface area contributed by atoms with Gasteiger partial charge in [0.05, 0.1) is 0 Å². The van der Waals surface area contributed by atoms with Crippen molar-refractivity contribution >= 4 is 0 Å². The van der Waals surface area contributed by atoms with E-state index in [0.29, 0.717) is 13.2 Å². The number of ether oxygens (including phenoxy) is 2. The average molecular weight is 326 g/mol. The zero-order chi connectivity index (χ0) is 17.5. The predicted molar refractivity (Wildman–Crippen MR) is 95.7 cm³/mol. The minimum Gasteiger partial charge on any atom is -0.349 e. The van der Waals surface area contributed by atoms with Crippen LogP contribution in [0.3, 0.4) is 0 Å². The first-order valence-corrected chi connectivity index (χ1v) is 8.37. The van der Waals surface area contributed by atoms with E-state index in [1.54, 1.807) is 0 Å². The molecule has 0 fully saturated rings. The molecule has 2 unspecified atom stereocenters. The zero-order valence-electron chi connectivity index (χ0n) is 14.9. The van der Waals surface area contributed by atoms with Gasteiger partial charge in [0.1, 0.15) is 0 Å². The van der Waals surface area contributed by atoms with Gasteiger partial charge in [-0.1, -0.05) is 60.7 Å². The predicted octanol–water partition coefficient (Wildman–Crippen LogP) is 5.26. The van der Waals surface area contributed by atoms with E-state index in [1.807, 2.05) is 88.4 Å². The Bertz CT molecular complexity index is 588. The molecule has 4 nitrogen and oxygen atoms in total. The molecule has 0 aliphatic carbocycles. The second kappa shape index (κ2) is 8.18. The maximum absolute atomic E-state index is 5.91. The van der Waals surface area contributed by atoms with Crippen molar-refractivity contribution in [3.8, 4) is 0 Å². The molecule has 2 rings (SSSR count). The van der Waals surface area contributed by atoms with E-state index in [-0.39, 0.29) is 0 Å². The third-order valence-electron chi connectivity index (χ3n) is 3.90. The van der Waals surface area contributed by atoms with Gasteiger partial charge in [0.25, 0.3) is 0 Å². The van der Waals surface area contributed by atoms with Crippen LogP contribution in [0.2, 0.25) is 0 Å². The molecule has 0 amide bonds. The molecule has 24 heavy (non-hydrogen) atoms. The molecule has 0 saturated carbocycles. The van der Waals surface area contributed by atoms with Crippen LogP contribution in [-0.4, -0.2) is 13.2 Å². The van der Waals surface area contributed by atoms with E-state index in [4.69, 9.17) is 9.47 Å². The Morgan fingerprint density at radius 3 is 1.29 bits per heavy atom. The van der Waals surface area contributed by atoms with Crippen LogP contribution in [0.4, 0.5) is 0 Å². The lowest BCUT2D eigenvalue weighted by Gasteiger charge is -2.29.